The zero-order valence-corrected chi connectivity index (χ0v) is 11.5. The highest BCUT2D eigenvalue weighted by molar-refractivity contribution is 5.52. The summed E-state index contributed by atoms with van der Waals surface area (Å²) in [6, 6.07) is 3.46. The minimum Gasteiger partial charge on any atom is -0.496 e. The van der Waals surface area contributed by atoms with Crippen LogP contribution >= 0.6 is 0 Å². The van der Waals surface area contributed by atoms with Gasteiger partial charge in [-0.15, -0.1) is 0 Å². The largest absolute Gasteiger partial charge is 0.496 e. The Morgan fingerprint density at radius 3 is 2.21 bits per heavy atom. The Hall–Kier alpha value is -1.46. The maximum atomic E-state index is 10.5. The van der Waals surface area contributed by atoms with Crippen LogP contribution in [0.15, 0.2) is 12.1 Å². The average molecular weight is 268 g/mol. The van der Waals surface area contributed by atoms with Crippen molar-refractivity contribution < 1.29 is 24.1 Å². The quantitative estimate of drug-likeness (QED) is 0.884. The third kappa shape index (κ3) is 2.77. The lowest BCUT2D eigenvalue weighted by molar-refractivity contribution is -0.00475. The second-order valence-corrected chi connectivity index (χ2v) is 4.44. The van der Waals surface area contributed by atoms with Crippen LogP contribution in [0.5, 0.6) is 17.2 Å². The van der Waals surface area contributed by atoms with Gasteiger partial charge in [0, 0.05) is 18.7 Å². The first kappa shape index (κ1) is 14.0. The molecule has 1 saturated heterocycles. The molecule has 106 valence electrons. The maximum absolute atomic E-state index is 10.5. The number of aliphatic hydroxyl groups excluding tert-OH is 1. The van der Waals surface area contributed by atoms with E-state index >= 15 is 0 Å². The molecule has 5 heteroatoms. The summed E-state index contributed by atoms with van der Waals surface area (Å²) in [5, 5.41) is 10.5. The van der Waals surface area contributed by atoms with Crippen LogP contribution in [0.4, 0.5) is 0 Å². The molecule has 2 unspecified atom stereocenters. The van der Waals surface area contributed by atoms with Crippen molar-refractivity contribution in [2.75, 3.05) is 27.9 Å². The van der Waals surface area contributed by atoms with Crippen molar-refractivity contribution in [3.05, 3.63) is 17.7 Å². The number of benzene rings is 1. The summed E-state index contributed by atoms with van der Waals surface area (Å²) in [6.07, 6.45) is 0.816. The van der Waals surface area contributed by atoms with Gasteiger partial charge in [-0.3, -0.25) is 0 Å². The van der Waals surface area contributed by atoms with Crippen LogP contribution in [0.25, 0.3) is 0 Å². The number of hydrogen-bond donors (Lipinski definition) is 1. The number of ether oxygens (including phenoxy) is 4. The van der Waals surface area contributed by atoms with E-state index < -0.39 is 6.10 Å². The van der Waals surface area contributed by atoms with Crippen LogP contribution in [-0.2, 0) is 4.74 Å². The summed E-state index contributed by atoms with van der Waals surface area (Å²) in [4.78, 5) is 0. The van der Waals surface area contributed by atoms with E-state index in [1.54, 1.807) is 33.5 Å². The van der Waals surface area contributed by atoms with Crippen LogP contribution in [0.1, 0.15) is 24.5 Å². The van der Waals surface area contributed by atoms with E-state index in [-0.39, 0.29) is 6.10 Å². The molecule has 2 rings (SSSR count). The summed E-state index contributed by atoms with van der Waals surface area (Å²) in [6.45, 7) is 0.683. The normalized spacial score (nSPS) is 20.1. The standard InChI is InChI=1S/C14H20O5/c1-16-9-7-11(17-2)13(12(8-9)18-3)14(15)10-5-4-6-19-10/h7-8,10,14-15H,4-6H2,1-3H3. The lowest BCUT2D eigenvalue weighted by atomic mass is 10.00. The predicted octanol–water partition coefficient (Wildman–Crippen LogP) is 1.92. The van der Waals surface area contributed by atoms with Gasteiger partial charge in [0.15, 0.2) is 0 Å². The van der Waals surface area contributed by atoms with Gasteiger partial charge in [0.05, 0.1) is 33.0 Å². The molecule has 0 bridgehead atoms. The second-order valence-electron chi connectivity index (χ2n) is 4.44. The van der Waals surface area contributed by atoms with Gasteiger partial charge >= 0.3 is 0 Å². The molecule has 2 atom stereocenters. The second kappa shape index (κ2) is 6.12. The van der Waals surface area contributed by atoms with Gasteiger partial charge in [-0.1, -0.05) is 0 Å². The molecule has 0 spiro atoms. The van der Waals surface area contributed by atoms with Crippen molar-refractivity contribution in [2.24, 2.45) is 0 Å². The van der Waals surface area contributed by atoms with Crippen molar-refractivity contribution in [1.29, 1.82) is 0 Å². The van der Waals surface area contributed by atoms with Gasteiger partial charge in [0.2, 0.25) is 0 Å². The predicted molar refractivity (Wildman–Crippen MR) is 70.0 cm³/mol. The zero-order valence-electron chi connectivity index (χ0n) is 11.5. The molecule has 0 amide bonds. The summed E-state index contributed by atoms with van der Waals surface area (Å²) >= 11 is 0. The van der Waals surface area contributed by atoms with E-state index in [4.69, 9.17) is 18.9 Å². The molecule has 1 aromatic carbocycles. The third-order valence-electron chi connectivity index (χ3n) is 3.37. The van der Waals surface area contributed by atoms with E-state index in [9.17, 15) is 5.11 Å². The van der Waals surface area contributed by atoms with E-state index in [2.05, 4.69) is 0 Å². The first-order valence-corrected chi connectivity index (χ1v) is 6.30. The highest BCUT2D eigenvalue weighted by Crippen LogP contribution is 2.41. The fourth-order valence-electron chi connectivity index (χ4n) is 2.36. The van der Waals surface area contributed by atoms with Gasteiger partial charge in [-0.2, -0.15) is 0 Å². The Bertz CT molecular complexity index is 401. The average Bonchev–Trinajstić information content (AvgIpc) is 2.99. The summed E-state index contributed by atoms with van der Waals surface area (Å²) in [5.41, 5.74) is 0.609. The third-order valence-corrected chi connectivity index (χ3v) is 3.37. The van der Waals surface area contributed by atoms with Gasteiger partial charge in [0.25, 0.3) is 0 Å². The number of aliphatic hydroxyl groups is 1. The Kier molecular flexibility index (Phi) is 4.50. The van der Waals surface area contributed by atoms with E-state index in [1.807, 2.05) is 0 Å². The van der Waals surface area contributed by atoms with Crippen LogP contribution in [0.3, 0.4) is 0 Å². The van der Waals surface area contributed by atoms with Gasteiger partial charge in [-0.05, 0) is 12.8 Å². The molecule has 0 aromatic heterocycles. The lowest BCUT2D eigenvalue weighted by Gasteiger charge is -2.22. The summed E-state index contributed by atoms with van der Waals surface area (Å²) in [5.74, 6) is 1.70. The molecule has 1 aliphatic rings. The fraction of sp³-hybridized carbons (Fsp3) is 0.571. The Labute approximate surface area is 113 Å². The molecule has 0 saturated carbocycles. The summed E-state index contributed by atoms with van der Waals surface area (Å²) < 4.78 is 21.4. The van der Waals surface area contributed by atoms with E-state index in [0.717, 1.165) is 12.8 Å². The zero-order chi connectivity index (χ0) is 13.8. The maximum Gasteiger partial charge on any atom is 0.132 e. The molecule has 1 heterocycles. The van der Waals surface area contributed by atoms with Gasteiger partial charge in [-0.25, -0.2) is 0 Å². The first-order valence-electron chi connectivity index (χ1n) is 6.30. The molecule has 19 heavy (non-hydrogen) atoms. The molecular formula is C14H20O5. The molecule has 5 nitrogen and oxygen atoms in total. The highest BCUT2D eigenvalue weighted by atomic mass is 16.5. The SMILES string of the molecule is COc1cc(OC)c(C(O)C2CCCO2)c(OC)c1. The van der Waals surface area contributed by atoms with Crippen LogP contribution in [0.2, 0.25) is 0 Å². The summed E-state index contributed by atoms with van der Waals surface area (Å²) in [7, 11) is 4.68. The molecular weight excluding hydrogens is 248 g/mol. The fourth-order valence-corrected chi connectivity index (χ4v) is 2.36. The van der Waals surface area contributed by atoms with Crippen molar-refractivity contribution >= 4 is 0 Å². The Balaban J connectivity index is 2.40. The van der Waals surface area contributed by atoms with Gasteiger partial charge < -0.3 is 24.1 Å². The monoisotopic (exact) mass is 268 g/mol. The molecule has 1 fully saturated rings. The van der Waals surface area contributed by atoms with Crippen molar-refractivity contribution in [2.45, 2.75) is 25.0 Å². The number of hydrogen-bond acceptors (Lipinski definition) is 5. The molecule has 0 radical (unpaired) electrons. The Morgan fingerprint density at radius 2 is 1.79 bits per heavy atom. The highest BCUT2D eigenvalue weighted by Gasteiger charge is 2.30. The minimum atomic E-state index is -0.765. The van der Waals surface area contributed by atoms with Crippen LogP contribution in [-0.4, -0.2) is 39.1 Å². The van der Waals surface area contributed by atoms with Crippen molar-refractivity contribution in [3.8, 4) is 17.2 Å². The van der Waals surface area contributed by atoms with E-state index in [0.29, 0.717) is 29.4 Å². The molecule has 1 N–H and O–H groups in total. The first-order chi connectivity index (χ1) is 9.21. The van der Waals surface area contributed by atoms with E-state index in [1.165, 1.54) is 0 Å². The molecule has 0 aliphatic carbocycles. The number of rotatable bonds is 5. The Morgan fingerprint density at radius 1 is 1.16 bits per heavy atom. The minimum absolute atomic E-state index is 0.212. The smallest absolute Gasteiger partial charge is 0.132 e. The van der Waals surface area contributed by atoms with Gasteiger partial charge in [0.1, 0.15) is 23.4 Å². The van der Waals surface area contributed by atoms with Crippen LogP contribution < -0.4 is 14.2 Å². The van der Waals surface area contributed by atoms with Crippen molar-refractivity contribution in [3.63, 3.8) is 0 Å². The van der Waals surface area contributed by atoms with Crippen molar-refractivity contribution in [1.82, 2.24) is 0 Å². The molecule has 1 aliphatic heterocycles. The molecule has 1 aromatic rings. The topological polar surface area (TPSA) is 57.2 Å². The lowest BCUT2D eigenvalue weighted by Crippen LogP contribution is -2.18. The van der Waals surface area contributed by atoms with Crippen LogP contribution in [0, 0.1) is 0 Å². The number of methoxy groups -OCH3 is 3.